The van der Waals surface area contributed by atoms with Gasteiger partial charge in [-0.15, -0.1) is 0 Å². The van der Waals surface area contributed by atoms with E-state index in [1.807, 2.05) is 12.1 Å². The number of hydrogen-bond donors (Lipinski definition) is 1. The molecule has 0 aliphatic heterocycles. The molecule has 0 bridgehead atoms. The first-order valence-corrected chi connectivity index (χ1v) is 5.73. The molecule has 16 heavy (non-hydrogen) atoms. The highest BCUT2D eigenvalue weighted by Crippen LogP contribution is 2.25. The van der Waals surface area contributed by atoms with E-state index in [1.165, 1.54) is 5.56 Å². The van der Waals surface area contributed by atoms with E-state index < -0.39 is 0 Å². The fourth-order valence-corrected chi connectivity index (χ4v) is 1.64. The van der Waals surface area contributed by atoms with Crippen molar-refractivity contribution in [1.29, 1.82) is 0 Å². The topological polar surface area (TPSA) is 30.5 Å². The highest BCUT2D eigenvalue weighted by molar-refractivity contribution is 5.40. The quantitative estimate of drug-likeness (QED) is 0.719. The van der Waals surface area contributed by atoms with E-state index in [4.69, 9.17) is 9.47 Å². The maximum atomic E-state index is 5.34. The highest BCUT2D eigenvalue weighted by atomic mass is 16.5. The summed E-state index contributed by atoms with van der Waals surface area (Å²) >= 11 is 0. The molecule has 90 valence electrons. The minimum atomic E-state index is 0.840. The monoisotopic (exact) mass is 223 g/mol. The van der Waals surface area contributed by atoms with Crippen molar-refractivity contribution in [3.63, 3.8) is 0 Å². The number of aryl methyl sites for hydroxylation is 1. The van der Waals surface area contributed by atoms with Crippen molar-refractivity contribution in [2.75, 3.05) is 27.3 Å². The third-order valence-electron chi connectivity index (χ3n) is 2.54. The Morgan fingerprint density at radius 1 is 1.19 bits per heavy atom. The van der Waals surface area contributed by atoms with Crippen LogP contribution in [0, 0.1) is 0 Å². The van der Waals surface area contributed by atoms with Crippen LogP contribution in [0.25, 0.3) is 0 Å². The zero-order chi connectivity index (χ0) is 11.8. The fourth-order valence-electron chi connectivity index (χ4n) is 1.64. The number of methoxy groups -OCH3 is 2. The van der Waals surface area contributed by atoms with Crippen LogP contribution in [0.2, 0.25) is 0 Å². The second-order valence-electron chi connectivity index (χ2n) is 3.63. The normalized spacial score (nSPS) is 10.2. The molecule has 1 rings (SSSR count). The Balaban J connectivity index is 2.57. The number of rotatable bonds is 7. The third-order valence-corrected chi connectivity index (χ3v) is 2.54. The van der Waals surface area contributed by atoms with E-state index in [2.05, 4.69) is 18.3 Å². The molecule has 0 aliphatic rings. The fraction of sp³-hybridized carbons (Fsp3) is 0.538. The summed E-state index contributed by atoms with van der Waals surface area (Å²) in [6.07, 6.45) is 2.15. The highest BCUT2D eigenvalue weighted by Gasteiger charge is 2.04. The maximum absolute atomic E-state index is 5.34. The molecule has 0 aromatic heterocycles. The van der Waals surface area contributed by atoms with Crippen LogP contribution in [0.4, 0.5) is 0 Å². The van der Waals surface area contributed by atoms with Crippen LogP contribution >= 0.6 is 0 Å². The van der Waals surface area contributed by atoms with Crippen LogP contribution in [-0.2, 0) is 6.42 Å². The molecule has 0 heterocycles. The molecule has 0 unspecified atom stereocenters. The molecule has 0 spiro atoms. The second kappa shape index (κ2) is 7.12. The van der Waals surface area contributed by atoms with Crippen molar-refractivity contribution >= 4 is 0 Å². The number of hydrogen-bond acceptors (Lipinski definition) is 3. The van der Waals surface area contributed by atoms with Crippen LogP contribution < -0.4 is 14.8 Å². The lowest BCUT2D eigenvalue weighted by Gasteiger charge is -2.10. The first-order valence-electron chi connectivity index (χ1n) is 5.73. The van der Waals surface area contributed by atoms with Crippen molar-refractivity contribution in [1.82, 2.24) is 5.32 Å². The van der Waals surface area contributed by atoms with Gasteiger partial charge in [-0.3, -0.25) is 0 Å². The molecule has 0 amide bonds. The Bertz CT molecular complexity index is 313. The Labute approximate surface area is 97.8 Å². The van der Waals surface area contributed by atoms with Gasteiger partial charge in [0.25, 0.3) is 0 Å². The molecule has 0 saturated heterocycles. The Hall–Kier alpha value is -1.22. The maximum Gasteiger partial charge on any atom is 0.125 e. The zero-order valence-corrected chi connectivity index (χ0v) is 10.4. The van der Waals surface area contributed by atoms with Gasteiger partial charge in [0.15, 0.2) is 0 Å². The van der Waals surface area contributed by atoms with Gasteiger partial charge in [-0.1, -0.05) is 13.0 Å². The molecular formula is C13H21NO2. The Morgan fingerprint density at radius 2 is 2.00 bits per heavy atom. The smallest absolute Gasteiger partial charge is 0.125 e. The minimum absolute atomic E-state index is 0.840. The lowest BCUT2D eigenvalue weighted by atomic mass is 10.1. The van der Waals surface area contributed by atoms with Crippen molar-refractivity contribution in [3.05, 3.63) is 23.8 Å². The second-order valence-corrected chi connectivity index (χ2v) is 3.63. The summed E-state index contributed by atoms with van der Waals surface area (Å²) in [5.41, 5.74) is 1.24. The number of ether oxygens (including phenoxy) is 2. The van der Waals surface area contributed by atoms with Gasteiger partial charge in [-0.25, -0.2) is 0 Å². The summed E-state index contributed by atoms with van der Waals surface area (Å²) in [6, 6.07) is 5.98. The molecule has 3 heteroatoms. The predicted molar refractivity (Wildman–Crippen MR) is 66.4 cm³/mol. The van der Waals surface area contributed by atoms with Crippen LogP contribution in [0.5, 0.6) is 11.5 Å². The van der Waals surface area contributed by atoms with Gasteiger partial charge in [0.05, 0.1) is 14.2 Å². The number of benzene rings is 1. The summed E-state index contributed by atoms with van der Waals surface area (Å²) in [5.74, 6) is 1.75. The van der Waals surface area contributed by atoms with Crippen molar-refractivity contribution in [3.8, 4) is 11.5 Å². The number of nitrogens with one attached hydrogen (secondary N) is 1. The molecular weight excluding hydrogens is 202 g/mol. The first-order chi connectivity index (χ1) is 7.81. The molecule has 1 N–H and O–H groups in total. The van der Waals surface area contributed by atoms with E-state index in [0.717, 1.165) is 37.4 Å². The molecule has 0 radical (unpaired) electrons. The van der Waals surface area contributed by atoms with Gasteiger partial charge in [0.1, 0.15) is 11.5 Å². The molecule has 3 nitrogen and oxygen atoms in total. The summed E-state index contributed by atoms with van der Waals surface area (Å²) in [6.45, 7) is 4.19. The van der Waals surface area contributed by atoms with Gasteiger partial charge in [0, 0.05) is 6.07 Å². The van der Waals surface area contributed by atoms with Crippen LogP contribution in [-0.4, -0.2) is 27.3 Å². The Kier molecular flexibility index (Phi) is 5.72. The SMILES string of the molecule is CCNCCCc1ccc(OC)cc1OC. The van der Waals surface area contributed by atoms with Gasteiger partial charge >= 0.3 is 0 Å². The molecule has 1 aromatic carbocycles. The van der Waals surface area contributed by atoms with Gasteiger partial charge in [0.2, 0.25) is 0 Å². The van der Waals surface area contributed by atoms with E-state index in [-0.39, 0.29) is 0 Å². The Morgan fingerprint density at radius 3 is 2.62 bits per heavy atom. The van der Waals surface area contributed by atoms with Crippen LogP contribution in [0.15, 0.2) is 18.2 Å². The summed E-state index contributed by atoms with van der Waals surface area (Å²) in [5, 5.41) is 3.31. The average Bonchev–Trinajstić information content (AvgIpc) is 2.34. The van der Waals surface area contributed by atoms with Gasteiger partial charge < -0.3 is 14.8 Å². The predicted octanol–water partition coefficient (Wildman–Crippen LogP) is 2.25. The van der Waals surface area contributed by atoms with E-state index in [0.29, 0.717) is 0 Å². The lowest BCUT2D eigenvalue weighted by Crippen LogP contribution is -2.14. The standard InChI is InChI=1S/C13H21NO2/c1-4-14-9-5-6-11-7-8-12(15-2)10-13(11)16-3/h7-8,10,14H,4-6,9H2,1-3H3. The minimum Gasteiger partial charge on any atom is -0.497 e. The largest absolute Gasteiger partial charge is 0.497 e. The molecule has 0 saturated carbocycles. The third kappa shape index (κ3) is 3.74. The van der Waals surface area contributed by atoms with E-state index >= 15 is 0 Å². The van der Waals surface area contributed by atoms with E-state index in [9.17, 15) is 0 Å². The lowest BCUT2D eigenvalue weighted by molar-refractivity contribution is 0.390. The van der Waals surface area contributed by atoms with E-state index in [1.54, 1.807) is 14.2 Å². The van der Waals surface area contributed by atoms with Crippen molar-refractivity contribution in [2.24, 2.45) is 0 Å². The van der Waals surface area contributed by atoms with Crippen molar-refractivity contribution in [2.45, 2.75) is 19.8 Å². The zero-order valence-electron chi connectivity index (χ0n) is 10.4. The molecule has 0 aliphatic carbocycles. The van der Waals surface area contributed by atoms with Gasteiger partial charge in [-0.05, 0) is 37.6 Å². The van der Waals surface area contributed by atoms with Crippen molar-refractivity contribution < 1.29 is 9.47 Å². The molecule has 0 fully saturated rings. The van der Waals surface area contributed by atoms with Crippen LogP contribution in [0.1, 0.15) is 18.9 Å². The van der Waals surface area contributed by atoms with Gasteiger partial charge in [-0.2, -0.15) is 0 Å². The molecule has 0 atom stereocenters. The molecule has 1 aromatic rings. The van der Waals surface area contributed by atoms with Crippen LogP contribution in [0.3, 0.4) is 0 Å². The first kappa shape index (κ1) is 12.8. The average molecular weight is 223 g/mol. The summed E-state index contributed by atoms with van der Waals surface area (Å²) < 4.78 is 10.5. The summed E-state index contributed by atoms with van der Waals surface area (Å²) in [4.78, 5) is 0. The summed E-state index contributed by atoms with van der Waals surface area (Å²) in [7, 11) is 3.36.